The van der Waals surface area contributed by atoms with Crippen molar-refractivity contribution < 1.29 is 54.5 Å². The van der Waals surface area contributed by atoms with Gasteiger partial charge in [-0.15, -0.1) is 35.3 Å². The van der Waals surface area contributed by atoms with Crippen LogP contribution in [0.25, 0.3) is 20.4 Å². The third-order valence-electron chi connectivity index (χ3n) is 20.8. The number of thiazole rings is 2. The number of anilines is 2. The molecule has 9 heterocycles. The Hall–Kier alpha value is -4.33. The number of carbonyl (C=O) groups excluding carboxylic acids is 1. The molecule has 586 valence electrons. The van der Waals surface area contributed by atoms with Crippen LogP contribution >= 0.6 is 81.9 Å². The second kappa shape index (κ2) is 36.4. The van der Waals surface area contributed by atoms with Gasteiger partial charge in [-0.25, -0.2) is 19.7 Å². The van der Waals surface area contributed by atoms with Gasteiger partial charge in [0.1, 0.15) is 5.60 Å². The highest BCUT2D eigenvalue weighted by Gasteiger charge is 2.52. The van der Waals surface area contributed by atoms with E-state index in [1.807, 2.05) is 72.5 Å². The van der Waals surface area contributed by atoms with Crippen molar-refractivity contribution in [2.75, 3.05) is 31.7 Å². The highest BCUT2D eigenvalue weighted by atomic mass is 35.5. The van der Waals surface area contributed by atoms with Crippen LogP contribution in [0.15, 0.2) is 94.5 Å². The Morgan fingerprint density at radius 3 is 1.63 bits per heavy atom. The smallest absolute Gasteiger partial charge is 0.481 e. The van der Waals surface area contributed by atoms with Crippen molar-refractivity contribution in [3.63, 3.8) is 0 Å². The number of amides is 1. The Morgan fingerprint density at radius 1 is 0.689 bits per heavy atom. The van der Waals surface area contributed by atoms with Gasteiger partial charge < -0.3 is 54.8 Å². The lowest BCUT2D eigenvalue weighted by Crippen LogP contribution is -2.45. The number of benzene rings is 4. The van der Waals surface area contributed by atoms with Crippen molar-refractivity contribution in [2.45, 2.75) is 266 Å². The Morgan fingerprint density at radius 2 is 1.15 bits per heavy atom. The first kappa shape index (κ1) is 87.3. The van der Waals surface area contributed by atoms with Gasteiger partial charge in [-0.3, -0.25) is 4.79 Å². The number of piperidine rings is 4. The number of nitrogen functional groups attached to an aromatic ring is 1. The van der Waals surface area contributed by atoms with Gasteiger partial charge in [0.15, 0.2) is 0 Å². The molecule has 2 aromatic heterocycles. The van der Waals surface area contributed by atoms with Crippen LogP contribution in [0.3, 0.4) is 0 Å². The van der Waals surface area contributed by atoms with E-state index < -0.39 is 39.2 Å². The van der Waals surface area contributed by atoms with Crippen LogP contribution in [0, 0.1) is 17.8 Å². The number of alkyl halides is 3. The number of ether oxygens (including phenoxy) is 1. The normalized spacial score (nSPS) is 28.1. The van der Waals surface area contributed by atoms with Crippen LogP contribution in [-0.4, -0.2) is 154 Å². The molecule has 4 aromatic carbocycles. The molecule has 6 N–H and O–H groups in total. The molecule has 5 saturated heterocycles. The fraction of sp³-hybridized carbons (Fsp3) is 0.605. The van der Waals surface area contributed by atoms with Crippen molar-refractivity contribution in [2.24, 2.45) is 17.8 Å². The van der Waals surface area contributed by atoms with E-state index in [4.69, 9.17) is 69.7 Å². The number of halogens is 6. The summed E-state index contributed by atoms with van der Waals surface area (Å²) in [5.41, 5.74) is 3.36. The summed E-state index contributed by atoms with van der Waals surface area (Å²) in [6.07, 6.45) is 9.23. The predicted molar refractivity (Wildman–Crippen MR) is 433 cm³/mol. The molecule has 7 aliphatic rings. The SMILES string of the molecule is C[C@@H]1CC(C(=O)O)C[C@H](C)N1.C[C@@H]1CC(C2Nc3cc(Cl)ccc3S2)C[C@H](C)N1.C[C@@H]1CC(c2nc3cc(B4OC(C)(C)C(C)(C)O4)ccc3s2)C[C@H](C)N1C.C[C@@H]1CC(c2nc3cc(Cl)ccc3s2)C[C@H](C)N1C.C[C@H]1CC=C(OS(=O)(=O)C(F)(F)F)N(C(=O)OC(C)(C)C)C1.Nc1cc(Cl)ccc1S. The van der Waals surface area contributed by atoms with E-state index in [0.717, 1.165) is 61.2 Å². The van der Waals surface area contributed by atoms with Crippen LogP contribution in [0.5, 0.6) is 0 Å². The fourth-order valence-corrected chi connectivity index (χ4v) is 18.7. The summed E-state index contributed by atoms with van der Waals surface area (Å²) >= 11 is 27.4. The summed E-state index contributed by atoms with van der Waals surface area (Å²) in [5, 5.41) is 24.6. The number of carbonyl (C=O) groups is 2. The maximum atomic E-state index is 12.4. The molecule has 6 aromatic rings. The number of thioether (sulfide) groups is 1. The van der Waals surface area contributed by atoms with E-state index in [9.17, 15) is 31.2 Å². The second-order valence-corrected chi connectivity index (χ2v) is 38.4. The van der Waals surface area contributed by atoms with E-state index in [1.54, 1.807) is 45.9 Å². The molecule has 0 aliphatic carbocycles. The van der Waals surface area contributed by atoms with Gasteiger partial charge in [0.2, 0.25) is 5.88 Å². The fourth-order valence-electron chi connectivity index (χ4n) is 14.2. The van der Waals surface area contributed by atoms with Crippen LogP contribution in [-0.2, 0) is 33.1 Å². The molecule has 5 fully saturated rings. The minimum atomic E-state index is -5.84. The Labute approximate surface area is 658 Å². The number of hydrogen-bond donors (Lipinski definition) is 6. The number of rotatable bonds is 7. The quantitative estimate of drug-likeness (QED) is 0.0287. The van der Waals surface area contributed by atoms with Crippen LogP contribution < -0.4 is 27.1 Å². The van der Waals surface area contributed by atoms with Crippen molar-refractivity contribution in [1.82, 2.24) is 35.3 Å². The van der Waals surface area contributed by atoms with Crippen molar-refractivity contribution in [1.29, 1.82) is 0 Å². The minimum Gasteiger partial charge on any atom is -0.481 e. The van der Waals surface area contributed by atoms with E-state index >= 15 is 0 Å². The van der Waals surface area contributed by atoms with Gasteiger partial charge in [-0.2, -0.15) is 21.6 Å². The van der Waals surface area contributed by atoms with Crippen molar-refractivity contribution in [3.8, 4) is 0 Å². The number of allylic oxidation sites excluding steroid dienone is 1. The van der Waals surface area contributed by atoms with Gasteiger partial charge >= 0.3 is 34.8 Å². The summed E-state index contributed by atoms with van der Waals surface area (Å²) in [5.74, 6) is 0.332. The largest absolute Gasteiger partial charge is 0.534 e. The molecule has 0 saturated carbocycles. The van der Waals surface area contributed by atoms with Gasteiger partial charge in [-0.1, -0.05) is 59.6 Å². The number of hydrogen-bond acceptors (Lipinski definition) is 20. The number of thiol groups is 1. The monoisotopic (exact) mass is 1620 g/mol. The molecule has 30 heteroatoms. The molecule has 14 atom stereocenters. The summed E-state index contributed by atoms with van der Waals surface area (Å²) in [6, 6.07) is 28.2. The van der Waals surface area contributed by atoms with Crippen LogP contribution in [0.4, 0.5) is 29.3 Å². The number of nitrogens with two attached hydrogens (primary N) is 1. The summed E-state index contributed by atoms with van der Waals surface area (Å²) in [4.78, 5) is 40.3. The topological polar surface area (TPSA) is 223 Å². The zero-order chi connectivity index (χ0) is 78.5. The van der Waals surface area contributed by atoms with Crippen molar-refractivity contribution >= 4 is 148 Å². The first-order valence-electron chi connectivity index (χ1n) is 36.4. The molecule has 106 heavy (non-hydrogen) atoms. The first-order chi connectivity index (χ1) is 49.2. The van der Waals surface area contributed by atoms with Gasteiger partial charge in [0, 0.05) is 97.3 Å². The molecular weight excluding hydrogens is 1520 g/mol. The van der Waals surface area contributed by atoms with E-state index in [-0.39, 0.29) is 43.1 Å². The zero-order valence-electron chi connectivity index (χ0n) is 64.1. The van der Waals surface area contributed by atoms with E-state index in [2.05, 4.69) is 156 Å². The molecule has 13 rings (SSSR count). The number of likely N-dealkylation sites (tertiary alicyclic amines) is 2. The van der Waals surface area contributed by atoms with E-state index in [0.29, 0.717) is 76.3 Å². The van der Waals surface area contributed by atoms with E-state index in [1.165, 1.54) is 68.5 Å². The first-order valence-corrected chi connectivity index (χ1v) is 41.9. The number of fused-ring (bicyclic) bond motifs is 3. The number of carboxylic acid groups (broad SMARTS) is 1. The standard InChI is InChI=1S/C21H31BN2O2S.C15H19ClN2S.C14H19ClN2S.C12H18F3NO5S.C8H15NO2.C6H6ClNS/c1-13-10-15(11-14(2)24(13)7)19-23-17-12-16(8-9-18(17)27-19)22-25-20(3,4)21(5,6)26-22;1-9-6-11(7-10(2)18(9)3)15-17-13-8-12(16)4-5-14(13)19-15;1-8-5-10(6-9(2)16-8)14-17-12-7-11(15)3-4-13(12)18-14;1-8-5-6-9(21-22(18,19)12(13,14)15)16(7-8)10(17)20-11(2,3)4;1-5-3-7(8(10)11)4-6(2)9-5;7-4-1-2-6(9)5(8)3-4/h8-9,12-15H,10-11H2,1-7H3;4-5,8-11H,6-7H2,1-3H3;3-4,7-10,14,16-17H,5-6H2,1-2H3;6,8H,5,7H2,1-4H3;5-7,9H,3-4H2,1-2H3,(H,10,11);1-3,9H,8H2/t13-,14+,15?;9-,10+,11?;8-,9+,10?,14?;8-;5-,6+,7?;/m...0../s1. The summed E-state index contributed by atoms with van der Waals surface area (Å²) in [6.45, 7) is 32.8. The average Bonchev–Trinajstić information content (AvgIpc) is 1.60. The Balaban J connectivity index is 0.000000166. The highest BCUT2D eigenvalue weighted by molar-refractivity contribution is 8.00. The number of nitrogens with one attached hydrogen (secondary N) is 3. The molecule has 7 aliphatic heterocycles. The molecule has 18 nitrogen and oxygen atoms in total. The molecule has 0 radical (unpaired) electrons. The zero-order valence-corrected chi connectivity index (χ0v) is 70.5. The molecule has 0 spiro atoms. The highest BCUT2D eigenvalue weighted by Crippen LogP contribution is 2.46. The Bertz CT molecular complexity index is 4080. The molecule has 1 amide bonds. The second-order valence-electron chi connectivity index (χ2n) is 31.8. The number of carboxylic acids is 1. The lowest BCUT2D eigenvalue weighted by Gasteiger charge is -2.39. The number of nitrogens with zero attached hydrogens (tertiary/aromatic N) is 5. The van der Waals surface area contributed by atoms with Crippen LogP contribution in [0.2, 0.25) is 15.1 Å². The lowest BCUT2D eigenvalue weighted by molar-refractivity contribution is -0.143. The maximum Gasteiger partial charge on any atom is 0.534 e. The Kier molecular flexibility index (Phi) is 30.0. The third kappa shape index (κ3) is 23.6. The average molecular weight is 1630 g/mol. The molecule has 0 bridgehead atoms. The number of aliphatic carboxylic acids is 1. The van der Waals surface area contributed by atoms with Gasteiger partial charge in [0.05, 0.1) is 58.6 Å². The maximum absolute atomic E-state index is 12.4. The molecule has 5 unspecified atom stereocenters. The van der Waals surface area contributed by atoms with Crippen LogP contribution in [0.1, 0.15) is 190 Å². The summed E-state index contributed by atoms with van der Waals surface area (Å²) < 4.78 is 83.4. The van der Waals surface area contributed by atoms with Crippen molar-refractivity contribution in [3.05, 3.63) is 110 Å². The minimum absolute atomic E-state index is 0.00583. The predicted octanol–water partition coefficient (Wildman–Crippen LogP) is 18.7. The third-order valence-corrected chi connectivity index (χ3v) is 26.7. The lowest BCUT2D eigenvalue weighted by atomic mass is 9.79. The molecular formula is C76H108BCl3F3N9O9S5. The summed E-state index contributed by atoms with van der Waals surface area (Å²) in [7, 11) is -1.71. The number of aromatic nitrogens is 2. The van der Waals surface area contributed by atoms with Gasteiger partial charge in [-0.05, 0) is 266 Å². The van der Waals surface area contributed by atoms with Gasteiger partial charge in [0.25, 0.3) is 0 Å².